The maximum Gasteiger partial charge on any atom is 0.255 e. The van der Waals surface area contributed by atoms with Crippen LogP contribution in [0.3, 0.4) is 0 Å². The van der Waals surface area contributed by atoms with Crippen LogP contribution < -0.4 is 19.5 Å². The van der Waals surface area contributed by atoms with Crippen LogP contribution in [-0.4, -0.2) is 45.9 Å². The molecule has 3 aromatic rings. The molecular weight excluding hydrogens is 410 g/mol. The summed E-state index contributed by atoms with van der Waals surface area (Å²) in [7, 11) is 0. The van der Waals surface area contributed by atoms with Gasteiger partial charge in [-0.1, -0.05) is 12.1 Å². The lowest BCUT2D eigenvalue weighted by Gasteiger charge is -2.17. The second-order valence-electron chi connectivity index (χ2n) is 7.31. The summed E-state index contributed by atoms with van der Waals surface area (Å²) in [4.78, 5) is 13.1. The van der Waals surface area contributed by atoms with E-state index in [0.717, 1.165) is 18.4 Å². The van der Waals surface area contributed by atoms with Gasteiger partial charge in [-0.2, -0.15) is 0 Å². The highest BCUT2D eigenvalue weighted by Crippen LogP contribution is 2.39. The molecule has 0 radical (unpaired) electrons. The molecule has 1 aliphatic rings. The maximum absolute atomic E-state index is 13.1. The molecule has 32 heavy (non-hydrogen) atoms. The minimum Gasteiger partial charge on any atom is -0.490 e. The van der Waals surface area contributed by atoms with E-state index in [-0.39, 0.29) is 5.91 Å². The fourth-order valence-corrected chi connectivity index (χ4v) is 3.41. The topological polar surface area (TPSA) is 100 Å². The van der Waals surface area contributed by atoms with Crippen molar-refractivity contribution in [2.45, 2.75) is 39.7 Å². The minimum absolute atomic E-state index is 0.283. The smallest absolute Gasteiger partial charge is 0.255 e. The molecule has 1 N–H and O–H groups in total. The van der Waals surface area contributed by atoms with E-state index in [4.69, 9.17) is 14.2 Å². The van der Waals surface area contributed by atoms with Gasteiger partial charge in [0.1, 0.15) is 0 Å². The van der Waals surface area contributed by atoms with E-state index in [1.165, 1.54) is 0 Å². The number of nitrogens with zero attached hydrogens (tertiary/aromatic N) is 4. The number of tetrazole rings is 1. The molecule has 168 valence electrons. The van der Waals surface area contributed by atoms with E-state index in [2.05, 4.69) is 20.8 Å². The number of aromatic nitrogens is 4. The Balaban J connectivity index is 1.60. The summed E-state index contributed by atoms with van der Waals surface area (Å²) in [5, 5.41) is 15.0. The number of amides is 1. The number of rotatable bonds is 10. The maximum atomic E-state index is 13.1. The normalized spacial score (nSPS) is 13.0. The van der Waals surface area contributed by atoms with E-state index in [0.29, 0.717) is 60.2 Å². The Morgan fingerprint density at radius 1 is 1.03 bits per heavy atom. The highest BCUT2D eigenvalue weighted by molar-refractivity contribution is 6.05. The van der Waals surface area contributed by atoms with Gasteiger partial charge >= 0.3 is 0 Å². The summed E-state index contributed by atoms with van der Waals surface area (Å²) >= 11 is 0. The van der Waals surface area contributed by atoms with Crippen LogP contribution in [0.2, 0.25) is 0 Å². The standard InChI is InChI=1S/C23H27N5O4/c1-4-30-19-13-16(14-20(31-5-2)21(19)32-6-3)23(29)24-17-9-7-8-15(12-17)22-25-26-27-28(22)18-10-11-18/h7-9,12-14,18H,4-6,10-11H2,1-3H3,(H,24,29). The molecule has 1 amide bonds. The molecule has 0 atom stereocenters. The zero-order valence-electron chi connectivity index (χ0n) is 18.5. The molecule has 9 heteroatoms. The first-order valence-corrected chi connectivity index (χ1v) is 10.9. The molecule has 2 aromatic carbocycles. The van der Waals surface area contributed by atoms with Crippen LogP contribution in [0.5, 0.6) is 17.2 Å². The third kappa shape index (κ3) is 4.66. The summed E-state index contributed by atoms with van der Waals surface area (Å²) < 4.78 is 19.0. The molecule has 0 spiro atoms. The van der Waals surface area contributed by atoms with Gasteiger partial charge in [-0.15, -0.1) is 5.10 Å². The number of nitrogens with one attached hydrogen (secondary N) is 1. The molecule has 4 rings (SSSR count). The number of carbonyl (C=O) groups excluding carboxylic acids is 1. The molecule has 0 aliphatic heterocycles. The predicted molar refractivity (Wildman–Crippen MR) is 119 cm³/mol. The number of benzene rings is 2. The zero-order valence-corrected chi connectivity index (χ0v) is 18.5. The Morgan fingerprint density at radius 3 is 2.34 bits per heavy atom. The van der Waals surface area contributed by atoms with Crippen molar-refractivity contribution in [1.82, 2.24) is 20.2 Å². The summed E-state index contributed by atoms with van der Waals surface area (Å²) in [5.41, 5.74) is 1.90. The quantitative estimate of drug-likeness (QED) is 0.509. The van der Waals surface area contributed by atoms with Gasteiger partial charge in [-0.25, -0.2) is 4.68 Å². The monoisotopic (exact) mass is 437 g/mol. The Morgan fingerprint density at radius 2 is 1.72 bits per heavy atom. The van der Waals surface area contributed by atoms with Crippen molar-refractivity contribution in [2.24, 2.45) is 0 Å². The molecule has 0 unspecified atom stereocenters. The van der Waals surface area contributed by atoms with Gasteiger partial charge < -0.3 is 19.5 Å². The van der Waals surface area contributed by atoms with Gasteiger partial charge in [0, 0.05) is 16.8 Å². The van der Waals surface area contributed by atoms with Crippen LogP contribution in [-0.2, 0) is 0 Å². The first kappa shape index (κ1) is 21.6. The molecule has 1 heterocycles. The Labute approximate surface area is 186 Å². The average molecular weight is 438 g/mol. The SMILES string of the molecule is CCOc1cc(C(=O)Nc2cccc(-c3nnnn3C3CC3)c2)cc(OCC)c1OCC. The van der Waals surface area contributed by atoms with Crippen LogP contribution in [0.4, 0.5) is 5.69 Å². The van der Waals surface area contributed by atoms with E-state index >= 15 is 0 Å². The van der Waals surface area contributed by atoms with Crippen molar-refractivity contribution in [2.75, 3.05) is 25.1 Å². The fraction of sp³-hybridized carbons (Fsp3) is 0.391. The second kappa shape index (κ2) is 9.67. The Bertz CT molecular complexity index is 1070. The van der Waals surface area contributed by atoms with Crippen molar-refractivity contribution < 1.29 is 19.0 Å². The molecule has 0 saturated heterocycles. The van der Waals surface area contributed by atoms with Crippen LogP contribution in [0.25, 0.3) is 11.4 Å². The third-order valence-electron chi connectivity index (χ3n) is 4.94. The summed E-state index contributed by atoms with van der Waals surface area (Å²) in [6.07, 6.45) is 2.16. The highest BCUT2D eigenvalue weighted by Gasteiger charge is 2.28. The zero-order chi connectivity index (χ0) is 22.5. The van der Waals surface area contributed by atoms with Crippen molar-refractivity contribution in [3.63, 3.8) is 0 Å². The number of hydrogen-bond donors (Lipinski definition) is 1. The van der Waals surface area contributed by atoms with Gasteiger partial charge in [0.2, 0.25) is 5.75 Å². The minimum atomic E-state index is -0.283. The number of anilines is 1. The molecule has 1 aromatic heterocycles. The van der Waals surface area contributed by atoms with Gasteiger partial charge in [0.15, 0.2) is 17.3 Å². The van der Waals surface area contributed by atoms with Crippen LogP contribution in [0.1, 0.15) is 50.0 Å². The summed E-state index contributed by atoms with van der Waals surface area (Å²) in [6.45, 7) is 6.98. The fourth-order valence-electron chi connectivity index (χ4n) is 3.41. The first-order valence-electron chi connectivity index (χ1n) is 10.9. The van der Waals surface area contributed by atoms with Crippen molar-refractivity contribution in [1.29, 1.82) is 0 Å². The molecule has 1 fully saturated rings. The third-order valence-corrected chi connectivity index (χ3v) is 4.94. The molecule has 9 nitrogen and oxygen atoms in total. The average Bonchev–Trinajstić information content (AvgIpc) is 3.52. The lowest BCUT2D eigenvalue weighted by Crippen LogP contribution is -2.13. The van der Waals surface area contributed by atoms with Crippen LogP contribution in [0, 0.1) is 0 Å². The molecule has 1 saturated carbocycles. The Hall–Kier alpha value is -3.62. The summed E-state index contributed by atoms with van der Waals surface area (Å²) in [5.74, 6) is 1.86. The Kier molecular flexibility index (Phi) is 6.53. The van der Waals surface area contributed by atoms with Gasteiger partial charge in [0.05, 0.1) is 25.9 Å². The van der Waals surface area contributed by atoms with Crippen molar-refractivity contribution in [3.05, 3.63) is 42.0 Å². The molecule has 1 aliphatic carbocycles. The van der Waals surface area contributed by atoms with Crippen molar-refractivity contribution >= 4 is 11.6 Å². The lowest BCUT2D eigenvalue weighted by molar-refractivity contribution is 0.102. The van der Waals surface area contributed by atoms with E-state index in [1.54, 1.807) is 12.1 Å². The van der Waals surface area contributed by atoms with E-state index in [1.807, 2.05) is 49.7 Å². The van der Waals surface area contributed by atoms with E-state index in [9.17, 15) is 4.79 Å². The number of hydrogen-bond acceptors (Lipinski definition) is 7. The van der Waals surface area contributed by atoms with Gasteiger partial charge in [0.25, 0.3) is 5.91 Å². The highest BCUT2D eigenvalue weighted by atomic mass is 16.5. The largest absolute Gasteiger partial charge is 0.490 e. The van der Waals surface area contributed by atoms with Crippen LogP contribution in [0.15, 0.2) is 36.4 Å². The first-order chi connectivity index (χ1) is 15.6. The van der Waals surface area contributed by atoms with Crippen molar-refractivity contribution in [3.8, 4) is 28.6 Å². The predicted octanol–water partition coefficient (Wildman–Crippen LogP) is 4.12. The number of ether oxygens (including phenoxy) is 3. The summed E-state index contributed by atoms with van der Waals surface area (Å²) in [6, 6.07) is 11.2. The van der Waals surface area contributed by atoms with E-state index < -0.39 is 0 Å². The molecule has 0 bridgehead atoms. The lowest BCUT2D eigenvalue weighted by atomic mass is 10.1. The number of carbonyl (C=O) groups is 1. The van der Waals surface area contributed by atoms with Gasteiger partial charge in [-0.05, 0) is 68.3 Å². The van der Waals surface area contributed by atoms with Gasteiger partial charge in [-0.3, -0.25) is 4.79 Å². The van der Waals surface area contributed by atoms with Crippen LogP contribution >= 0.6 is 0 Å². The molecular formula is C23H27N5O4. The second-order valence-corrected chi connectivity index (χ2v) is 7.31.